The summed E-state index contributed by atoms with van der Waals surface area (Å²) in [4.78, 5) is 26.4. The van der Waals surface area contributed by atoms with E-state index in [0.717, 1.165) is 17.7 Å². The number of fused-ring (bicyclic) bond motifs is 1. The number of nitrogens with zero attached hydrogens (tertiary/aromatic N) is 5. The van der Waals surface area contributed by atoms with Gasteiger partial charge in [-0.2, -0.15) is 0 Å². The molecule has 35 heavy (non-hydrogen) atoms. The Kier molecular flexibility index (Phi) is 7.76. The Hall–Kier alpha value is -3.32. The first kappa shape index (κ1) is 24.8. The van der Waals surface area contributed by atoms with Crippen molar-refractivity contribution in [2.75, 3.05) is 37.7 Å². The lowest BCUT2D eigenvalue weighted by molar-refractivity contribution is -0.0421. The molecule has 4 rings (SSSR count). The number of hydrogen-bond donors (Lipinski definition) is 5. The molecule has 2 amide bonds. The number of aromatic nitrogens is 4. The van der Waals surface area contributed by atoms with Crippen LogP contribution in [0.25, 0.3) is 11.2 Å². The van der Waals surface area contributed by atoms with Crippen molar-refractivity contribution in [2.24, 2.45) is 0 Å². The van der Waals surface area contributed by atoms with Gasteiger partial charge in [0.2, 0.25) is 0 Å². The van der Waals surface area contributed by atoms with Gasteiger partial charge in [-0.15, -0.1) is 0 Å². The molecule has 3 heterocycles. The highest BCUT2D eigenvalue weighted by Gasteiger charge is 2.44. The van der Waals surface area contributed by atoms with Crippen LogP contribution in [0.3, 0.4) is 0 Å². The van der Waals surface area contributed by atoms with Gasteiger partial charge in [-0.3, -0.25) is 4.57 Å². The van der Waals surface area contributed by atoms with E-state index >= 15 is 0 Å². The standard InChI is InChI=1S/C23H32N8O4/c1-3-14-6-4-7-15(10-14)29-23(34)25-8-5-9-30(2)11-16-18(32)19(33)22(35-16)31-13-28-17-20(24)26-12-27-21(17)31/h4,6-7,10,12-13,16,18-19,22,32-33H,3,5,8-9,11H2,1-2H3,(H2,24,26,27)(H2,25,29,34)/t16-,18+,19-,22-/m1/s1. The summed E-state index contributed by atoms with van der Waals surface area (Å²) in [5.41, 5.74) is 8.59. The molecule has 188 valence electrons. The minimum absolute atomic E-state index is 0.231. The SMILES string of the molecule is CCc1cccc(NC(=O)NCCCN(C)C[C@H]2O[C@@H](n3cnc4c(N)ncnc43)[C@H](O)[C@H]2O)c1. The zero-order valence-corrected chi connectivity index (χ0v) is 19.8. The molecule has 0 saturated carbocycles. The van der Waals surface area contributed by atoms with Gasteiger partial charge in [-0.25, -0.2) is 19.7 Å². The van der Waals surface area contributed by atoms with Crippen LogP contribution in [0.15, 0.2) is 36.9 Å². The van der Waals surface area contributed by atoms with Crippen molar-refractivity contribution in [3.8, 4) is 0 Å². The number of aryl methyl sites for hydroxylation is 1. The molecule has 12 nitrogen and oxygen atoms in total. The minimum atomic E-state index is -1.15. The Bertz CT molecular complexity index is 1160. The third-order valence-corrected chi connectivity index (χ3v) is 6.09. The Balaban J connectivity index is 1.23. The summed E-state index contributed by atoms with van der Waals surface area (Å²) in [5.74, 6) is 0.231. The molecule has 1 aliphatic rings. The first-order valence-electron chi connectivity index (χ1n) is 11.6. The van der Waals surface area contributed by atoms with Crippen molar-refractivity contribution < 1.29 is 19.7 Å². The van der Waals surface area contributed by atoms with Crippen molar-refractivity contribution in [1.82, 2.24) is 29.7 Å². The number of nitrogens with one attached hydrogen (secondary N) is 2. The highest BCUT2D eigenvalue weighted by atomic mass is 16.6. The topological polar surface area (TPSA) is 164 Å². The summed E-state index contributed by atoms with van der Waals surface area (Å²) in [7, 11) is 1.90. The van der Waals surface area contributed by atoms with Gasteiger partial charge in [0.1, 0.15) is 30.2 Å². The number of carbonyl (C=O) groups excluding carboxylic acids is 1. The van der Waals surface area contributed by atoms with Crippen molar-refractivity contribution in [3.63, 3.8) is 0 Å². The number of amides is 2. The summed E-state index contributed by atoms with van der Waals surface area (Å²) >= 11 is 0. The van der Waals surface area contributed by atoms with E-state index in [9.17, 15) is 15.0 Å². The van der Waals surface area contributed by atoms with E-state index in [-0.39, 0.29) is 11.8 Å². The van der Waals surface area contributed by atoms with Gasteiger partial charge in [-0.1, -0.05) is 19.1 Å². The number of aliphatic hydroxyl groups is 2. The Morgan fingerprint density at radius 2 is 2.09 bits per heavy atom. The van der Waals surface area contributed by atoms with Crippen LogP contribution < -0.4 is 16.4 Å². The molecule has 2 aromatic heterocycles. The molecule has 0 bridgehead atoms. The molecule has 12 heteroatoms. The van der Waals surface area contributed by atoms with Crippen molar-refractivity contribution in [2.45, 2.75) is 44.3 Å². The fourth-order valence-electron chi connectivity index (χ4n) is 4.16. The second-order valence-corrected chi connectivity index (χ2v) is 8.68. The van der Waals surface area contributed by atoms with Crippen LogP contribution >= 0.6 is 0 Å². The van der Waals surface area contributed by atoms with Crippen LogP contribution in [0.1, 0.15) is 25.1 Å². The predicted molar refractivity (Wildman–Crippen MR) is 131 cm³/mol. The van der Waals surface area contributed by atoms with Gasteiger partial charge in [0.05, 0.1) is 6.33 Å². The molecule has 6 N–H and O–H groups in total. The molecule has 1 saturated heterocycles. The Morgan fingerprint density at radius 3 is 2.89 bits per heavy atom. The number of ether oxygens (including phenoxy) is 1. The van der Waals surface area contributed by atoms with Crippen LogP contribution in [0.5, 0.6) is 0 Å². The maximum Gasteiger partial charge on any atom is 0.319 e. The summed E-state index contributed by atoms with van der Waals surface area (Å²) < 4.78 is 7.53. The van der Waals surface area contributed by atoms with E-state index in [1.165, 1.54) is 12.7 Å². The molecule has 1 aliphatic heterocycles. The maximum absolute atomic E-state index is 12.1. The zero-order valence-electron chi connectivity index (χ0n) is 19.8. The lowest BCUT2D eigenvalue weighted by Gasteiger charge is -2.22. The number of benzene rings is 1. The van der Waals surface area contributed by atoms with Gasteiger partial charge < -0.3 is 36.2 Å². The molecular formula is C23H32N8O4. The molecule has 1 fully saturated rings. The predicted octanol–water partition coefficient (Wildman–Crippen LogP) is 0.734. The Morgan fingerprint density at radius 1 is 1.26 bits per heavy atom. The average Bonchev–Trinajstić information content (AvgIpc) is 3.39. The normalized spacial score (nSPS) is 22.1. The van der Waals surface area contributed by atoms with Gasteiger partial charge in [0.15, 0.2) is 17.7 Å². The molecule has 0 spiro atoms. The van der Waals surface area contributed by atoms with Crippen LogP contribution in [0.2, 0.25) is 0 Å². The number of anilines is 2. The van der Waals surface area contributed by atoms with Crippen molar-refractivity contribution in [3.05, 3.63) is 42.5 Å². The molecular weight excluding hydrogens is 452 g/mol. The summed E-state index contributed by atoms with van der Waals surface area (Å²) in [6.07, 6.45) is 0.699. The highest BCUT2D eigenvalue weighted by molar-refractivity contribution is 5.89. The second kappa shape index (κ2) is 11.0. The fraction of sp³-hybridized carbons (Fsp3) is 0.478. The first-order valence-corrected chi connectivity index (χ1v) is 11.6. The number of urea groups is 1. The zero-order chi connectivity index (χ0) is 24.9. The van der Waals surface area contributed by atoms with Crippen LogP contribution in [-0.2, 0) is 11.2 Å². The number of nitrogen functional groups attached to an aromatic ring is 1. The number of imidazole rings is 1. The third-order valence-electron chi connectivity index (χ3n) is 6.09. The van der Waals surface area contributed by atoms with E-state index in [1.54, 1.807) is 4.57 Å². The fourth-order valence-corrected chi connectivity index (χ4v) is 4.16. The summed E-state index contributed by atoms with van der Waals surface area (Å²) in [6, 6.07) is 7.50. The van der Waals surface area contributed by atoms with E-state index < -0.39 is 24.5 Å². The average molecular weight is 485 g/mol. The number of carbonyl (C=O) groups is 1. The van der Waals surface area contributed by atoms with Gasteiger partial charge in [-0.05, 0) is 44.1 Å². The highest BCUT2D eigenvalue weighted by Crippen LogP contribution is 2.32. The van der Waals surface area contributed by atoms with E-state index in [2.05, 4.69) is 32.5 Å². The maximum atomic E-state index is 12.1. The van der Waals surface area contributed by atoms with Gasteiger partial charge in [0.25, 0.3) is 0 Å². The number of aliphatic hydroxyl groups excluding tert-OH is 2. The molecule has 0 aliphatic carbocycles. The number of hydrogen-bond acceptors (Lipinski definition) is 9. The second-order valence-electron chi connectivity index (χ2n) is 8.68. The number of rotatable bonds is 9. The number of nitrogens with two attached hydrogens (primary N) is 1. The molecule has 3 aromatic rings. The van der Waals surface area contributed by atoms with E-state index in [0.29, 0.717) is 37.2 Å². The smallest absolute Gasteiger partial charge is 0.319 e. The third kappa shape index (κ3) is 5.68. The summed E-state index contributed by atoms with van der Waals surface area (Å²) in [6.45, 7) is 3.62. The Labute approximate surface area is 203 Å². The molecule has 0 unspecified atom stereocenters. The van der Waals surface area contributed by atoms with Crippen LogP contribution in [0, 0.1) is 0 Å². The molecule has 0 radical (unpaired) electrons. The largest absolute Gasteiger partial charge is 0.387 e. The monoisotopic (exact) mass is 484 g/mol. The first-order chi connectivity index (χ1) is 16.9. The summed E-state index contributed by atoms with van der Waals surface area (Å²) in [5, 5.41) is 26.9. The van der Waals surface area contributed by atoms with Crippen LogP contribution in [-0.4, -0.2) is 85.7 Å². The van der Waals surface area contributed by atoms with E-state index in [4.69, 9.17) is 10.5 Å². The number of likely N-dealkylation sites (N-methyl/N-ethyl adjacent to an activating group) is 1. The molecule has 1 aromatic carbocycles. The van der Waals surface area contributed by atoms with Gasteiger partial charge >= 0.3 is 6.03 Å². The molecule has 4 atom stereocenters. The quantitative estimate of drug-likeness (QED) is 0.275. The van der Waals surface area contributed by atoms with E-state index in [1.807, 2.05) is 36.2 Å². The van der Waals surface area contributed by atoms with Gasteiger partial charge in [0, 0.05) is 18.8 Å². The van der Waals surface area contributed by atoms with Crippen molar-refractivity contribution >= 4 is 28.7 Å². The van der Waals surface area contributed by atoms with Crippen LogP contribution in [0.4, 0.5) is 16.3 Å². The van der Waals surface area contributed by atoms with Crippen molar-refractivity contribution in [1.29, 1.82) is 0 Å². The lowest BCUT2D eigenvalue weighted by atomic mass is 10.1. The minimum Gasteiger partial charge on any atom is -0.387 e. The lowest BCUT2D eigenvalue weighted by Crippen LogP contribution is -2.39.